The molecule has 0 aliphatic carbocycles. The van der Waals surface area contributed by atoms with Crippen LogP contribution in [0.25, 0.3) is 0 Å². The van der Waals surface area contributed by atoms with Gasteiger partial charge in [0.25, 0.3) is 0 Å². The minimum atomic E-state index is -1.20. The molecule has 0 aliphatic rings. The fourth-order valence-electron chi connectivity index (χ4n) is 2.04. The average molecular weight is 391 g/mol. The van der Waals surface area contributed by atoms with E-state index in [4.69, 9.17) is 27.9 Å². The van der Waals surface area contributed by atoms with Gasteiger partial charge in [0.2, 0.25) is 11.8 Å². The lowest BCUT2D eigenvalue weighted by Gasteiger charge is -2.16. The van der Waals surface area contributed by atoms with Crippen molar-refractivity contribution in [1.29, 1.82) is 0 Å². The zero-order chi connectivity index (χ0) is 18.8. The number of carboxylic acid groups (broad SMARTS) is 1. The van der Waals surface area contributed by atoms with Gasteiger partial charge in [0.15, 0.2) is 5.75 Å². The van der Waals surface area contributed by atoms with Gasteiger partial charge in [-0.3, -0.25) is 9.59 Å². The summed E-state index contributed by atoms with van der Waals surface area (Å²) in [6.07, 6.45) is 1.33. The summed E-state index contributed by atoms with van der Waals surface area (Å²) in [6, 6.07) is 2.54. The van der Waals surface area contributed by atoms with Crippen LogP contribution in [0.3, 0.4) is 0 Å². The van der Waals surface area contributed by atoms with E-state index in [0.29, 0.717) is 24.6 Å². The first-order valence-electron chi connectivity index (χ1n) is 7.59. The van der Waals surface area contributed by atoms with Gasteiger partial charge in [0.1, 0.15) is 0 Å². The molecule has 1 aromatic carbocycles. The molecule has 0 aliphatic heterocycles. The molecule has 0 fully saturated rings. The Morgan fingerprint density at radius 1 is 1.00 bits per heavy atom. The van der Waals surface area contributed by atoms with E-state index in [-0.39, 0.29) is 47.3 Å². The van der Waals surface area contributed by atoms with E-state index in [9.17, 15) is 19.5 Å². The van der Waals surface area contributed by atoms with E-state index in [1.165, 1.54) is 19.2 Å². The lowest BCUT2D eigenvalue weighted by atomic mass is 10.1. The molecule has 9 heteroatoms. The number of carbonyl (C=O) groups excluding carboxylic acids is 2. The van der Waals surface area contributed by atoms with E-state index in [0.717, 1.165) is 0 Å². The first-order valence-corrected chi connectivity index (χ1v) is 8.66. The Morgan fingerprint density at radius 3 is 1.76 bits per heavy atom. The van der Waals surface area contributed by atoms with Crippen LogP contribution in [0.4, 0.5) is 11.4 Å². The Labute approximate surface area is 155 Å². The zero-order valence-corrected chi connectivity index (χ0v) is 15.2. The maximum Gasteiger partial charge on any atom is 0.335 e. The Morgan fingerprint density at radius 2 is 1.44 bits per heavy atom. The van der Waals surface area contributed by atoms with Crippen LogP contribution in [-0.2, 0) is 9.59 Å². The molecule has 3 N–H and O–H groups in total. The van der Waals surface area contributed by atoms with Crippen LogP contribution in [0.15, 0.2) is 12.1 Å². The molecule has 0 saturated carbocycles. The number of carbonyl (C=O) groups is 3. The second-order valence-corrected chi connectivity index (χ2v) is 5.85. The molecule has 0 saturated heterocycles. The molecule has 25 heavy (non-hydrogen) atoms. The summed E-state index contributed by atoms with van der Waals surface area (Å²) in [6.45, 7) is 0. The van der Waals surface area contributed by atoms with Crippen molar-refractivity contribution in [3.05, 3.63) is 17.7 Å². The smallest absolute Gasteiger partial charge is 0.335 e. The fourth-order valence-corrected chi connectivity index (χ4v) is 2.31. The Balaban J connectivity index is 3.14. The third-order valence-corrected chi connectivity index (χ3v) is 3.70. The lowest BCUT2D eigenvalue weighted by Crippen LogP contribution is -2.16. The zero-order valence-electron chi connectivity index (χ0n) is 13.7. The topological polar surface area (TPSA) is 105 Å². The molecule has 2 amide bonds. The summed E-state index contributed by atoms with van der Waals surface area (Å²) in [5.74, 6) is -1.02. The summed E-state index contributed by atoms with van der Waals surface area (Å²) < 4.78 is 5.25. The SMILES string of the molecule is COc1c(NC(=O)CCCCl)cc(C(=O)O)cc1NC(=O)CCCCl. The number of hydrogen-bond acceptors (Lipinski definition) is 4. The summed E-state index contributed by atoms with van der Waals surface area (Å²) in [5.41, 5.74) is 0.227. The van der Waals surface area contributed by atoms with Crippen molar-refractivity contribution in [2.24, 2.45) is 0 Å². The predicted molar refractivity (Wildman–Crippen MR) is 97.1 cm³/mol. The van der Waals surface area contributed by atoms with Gasteiger partial charge in [-0.25, -0.2) is 4.79 Å². The molecule has 0 radical (unpaired) electrons. The number of ether oxygens (including phenoxy) is 1. The van der Waals surface area contributed by atoms with Gasteiger partial charge in [-0.2, -0.15) is 0 Å². The first kappa shape index (κ1) is 21.1. The van der Waals surface area contributed by atoms with E-state index >= 15 is 0 Å². The number of rotatable bonds is 10. The van der Waals surface area contributed by atoms with Gasteiger partial charge in [-0.05, 0) is 25.0 Å². The number of carboxylic acids is 1. The second-order valence-electron chi connectivity index (χ2n) is 5.09. The second kappa shape index (κ2) is 10.8. The number of anilines is 2. The van der Waals surface area contributed by atoms with Crippen LogP contribution >= 0.6 is 23.2 Å². The number of amides is 2. The van der Waals surface area contributed by atoms with Crippen LogP contribution in [0.5, 0.6) is 5.75 Å². The van der Waals surface area contributed by atoms with Crippen LogP contribution in [0.2, 0.25) is 0 Å². The van der Waals surface area contributed by atoms with E-state index in [1.807, 2.05) is 0 Å². The van der Waals surface area contributed by atoms with Crippen molar-refractivity contribution in [3.8, 4) is 5.75 Å². The minimum absolute atomic E-state index is 0.0962. The van der Waals surface area contributed by atoms with Gasteiger partial charge in [-0.1, -0.05) is 0 Å². The monoisotopic (exact) mass is 390 g/mol. The Hall–Kier alpha value is -1.99. The molecule has 0 heterocycles. The van der Waals surface area contributed by atoms with Crippen LogP contribution in [0, 0.1) is 0 Å². The third-order valence-electron chi connectivity index (χ3n) is 3.16. The van der Waals surface area contributed by atoms with Gasteiger partial charge >= 0.3 is 5.97 Å². The Kier molecular flexibility index (Phi) is 9.08. The Bertz CT molecular complexity index is 594. The predicted octanol–water partition coefficient (Wildman–Crippen LogP) is 3.31. The van der Waals surface area contributed by atoms with Gasteiger partial charge in [-0.15, -0.1) is 23.2 Å². The number of benzene rings is 1. The van der Waals surface area contributed by atoms with Crippen molar-refractivity contribution in [2.75, 3.05) is 29.5 Å². The fraction of sp³-hybridized carbons (Fsp3) is 0.438. The molecule has 7 nitrogen and oxygen atoms in total. The normalized spacial score (nSPS) is 10.2. The largest absolute Gasteiger partial charge is 0.492 e. The number of nitrogens with one attached hydrogen (secondary N) is 2. The standard InChI is InChI=1S/C16H20Cl2N2O5/c1-25-15-11(19-13(21)4-2-6-17)8-10(16(23)24)9-12(15)20-14(22)5-3-7-18/h8-9H,2-7H2,1H3,(H,19,21)(H,20,22)(H,23,24). The number of hydrogen-bond donors (Lipinski definition) is 3. The molecule has 0 bridgehead atoms. The van der Waals surface area contributed by atoms with E-state index in [2.05, 4.69) is 10.6 Å². The summed E-state index contributed by atoms with van der Waals surface area (Å²) in [7, 11) is 1.36. The highest BCUT2D eigenvalue weighted by molar-refractivity contribution is 6.18. The van der Waals surface area contributed by atoms with Gasteiger partial charge in [0, 0.05) is 24.6 Å². The van der Waals surface area contributed by atoms with E-state index < -0.39 is 5.97 Å². The lowest BCUT2D eigenvalue weighted by molar-refractivity contribution is -0.117. The minimum Gasteiger partial charge on any atom is -0.492 e. The third kappa shape index (κ3) is 6.80. The van der Waals surface area contributed by atoms with Crippen molar-refractivity contribution >= 4 is 52.4 Å². The molecule has 1 aromatic rings. The number of halogens is 2. The molecule has 0 atom stereocenters. The van der Waals surface area contributed by atoms with Crippen molar-refractivity contribution in [2.45, 2.75) is 25.7 Å². The maximum absolute atomic E-state index is 11.9. The molecule has 0 aromatic heterocycles. The summed E-state index contributed by atoms with van der Waals surface area (Å²) in [4.78, 5) is 35.2. The maximum atomic E-state index is 11.9. The highest BCUT2D eigenvalue weighted by atomic mass is 35.5. The van der Waals surface area contributed by atoms with Gasteiger partial charge in [0.05, 0.1) is 24.0 Å². The van der Waals surface area contributed by atoms with Crippen LogP contribution < -0.4 is 15.4 Å². The van der Waals surface area contributed by atoms with E-state index in [1.54, 1.807) is 0 Å². The highest BCUT2D eigenvalue weighted by Gasteiger charge is 2.18. The van der Waals surface area contributed by atoms with Crippen molar-refractivity contribution in [1.82, 2.24) is 0 Å². The van der Waals surface area contributed by atoms with Crippen molar-refractivity contribution in [3.63, 3.8) is 0 Å². The molecule has 0 spiro atoms. The highest BCUT2D eigenvalue weighted by Crippen LogP contribution is 2.35. The van der Waals surface area contributed by atoms with Gasteiger partial charge < -0.3 is 20.5 Å². The average Bonchev–Trinajstić information content (AvgIpc) is 2.57. The number of aromatic carboxylic acids is 1. The summed E-state index contributed by atoms with van der Waals surface area (Å²) >= 11 is 11.1. The molecular weight excluding hydrogens is 371 g/mol. The number of methoxy groups -OCH3 is 1. The summed E-state index contributed by atoms with van der Waals surface area (Å²) in [5, 5.41) is 14.4. The quantitative estimate of drug-likeness (QED) is 0.531. The molecule has 138 valence electrons. The molecule has 0 unspecified atom stereocenters. The van der Waals surface area contributed by atoms with Crippen LogP contribution in [0.1, 0.15) is 36.0 Å². The van der Waals surface area contributed by atoms with Crippen LogP contribution in [-0.4, -0.2) is 41.8 Å². The molecule has 1 rings (SSSR count). The number of alkyl halides is 2. The first-order chi connectivity index (χ1) is 11.9. The molecular formula is C16H20Cl2N2O5. The van der Waals surface area contributed by atoms with Crippen molar-refractivity contribution < 1.29 is 24.2 Å².